The Balaban J connectivity index is 1.89. The summed E-state index contributed by atoms with van der Waals surface area (Å²) in [6, 6.07) is 10.2. The summed E-state index contributed by atoms with van der Waals surface area (Å²) in [5, 5.41) is 0.868. The third kappa shape index (κ3) is 3.89. The Morgan fingerprint density at radius 3 is 2.37 bits per heavy atom. The molecule has 0 unspecified atom stereocenters. The van der Waals surface area contributed by atoms with E-state index in [0.717, 1.165) is 27.6 Å². The number of rotatable bonds is 5. The van der Waals surface area contributed by atoms with Crippen LogP contribution in [0.1, 0.15) is 22.3 Å². The van der Waals surface area contributed by atoms with Gasteiger partial charge < -0.3 is 9.72 Å². The summed E-state index contributed by atoms with van der Waals surface area (Å²) in [6.45, 7) is 5.65. The number of pyridine rings is 1. The van der Waals surface area contributed by atoms with Crippen LogP contribution < -0.4 is 15.0 Å². The molecule has 2 aromatic carbocycles. The van der Waals surface area contributed by atoms with Gasteiger partial charge in [0.2, 0.25) is 10.0 Å². The average Bonchev–Trinajstić information content (AvgIpc) is 2.61. The first-order valence-corrected chi connectivity index (χ1v) is 9.97. The average molecular weight is 386 g/mol. The third-order valence-corrected chi connectivity index (χ3v) is 6.06. The Morgan fingerprint density at radius 1 is 1.00 bits per heavy atom. The zero-order valence-corrected chi connectivity index (χ0v) is 16.5. The molecule has 0 aliphatic heterocycles. The molecule has 0 atom stereocenters. The molecule has 0 saturated heterocycles. The first kappa shape index (κ1) is 19.1. The van der Waals surface area contributed by atoms with Crippen LogP contribution in [0.25, 0.3) is 10.9 Å². The van der Waals surface area contributed by atoms with Crippen LogP contribution in [0.2, 0.25) is 0 Å². The molecule has 3 aromatic rings. The fourth-order valence-electron chi connectivity index (χ4n) is 2.93. The van der Waals surface area contributed by atoms with E-state index in [9.17, 15) is 13.2 Å². The second-order valence-electron chi connectivity index (χ2n) is 6.60. The van der Waals surface area contributed by atoms with E-state index in [4.69, 9.17) is 4.74 Å². The number of benzene rings is 2. The van der Waals surface area contributed by atoms with Crippen molar-refractivity contribution >= 4 is 20.9 Å². The predicted octanol–water partition coefficient (Wildman–Crippen LogP) is 2.94. The molecule has 0 saturated carbocycles. The van der Waals surface area contributed by atoms with Crippen molar-refractivity contribution in [3.8, 4) is 5.75 Å². The quantitative estimate of drug-likeness (QED) is 0.706. The number of aryl methyl sites for hydroxylation is 3. The number of ether oxygens (including phenoxy) is 1. The summed E-state index contributed by atoms with van der Waals surface area (Å²) in [4.78, 5) is 15.3. The largest absolute Gasteiger partial charge is 0.496 e. The van der Waals surface area contributed by atoms with Crippen molar-refractivity contribution in [2.45, 2.75) is 32.2 Å². The van der Waals surface area contributed by atoms with E-state index in [0.29, 0.717) is 11.3 Å². The van der Waals surface area contributed by atoms with Crippen molar-refractivity contribution in [3.63, 3.8) is 0 Å². The van der Waals surface area contributed by atoms with Gasteiger partial charge in [-0.05, 0) is 79.2 Å². The van der Waals surface area contributed by atoms with E-state index in [2.05, 4.69) is 9.71 Å². The van der Waals surface area contributed by atoms with Crippen LogP contribution in [0.4, 0.5) is 0 Å². The molecule has 0 aliphatic carbocycles. The molecule has 0 radical (unpaired) electrons. The van der Waals surface area contributed by atoms with Crippen molar-refractivity contribution in [2.24, 2.45) is 0 Å². The van der Waals surface area contributed by atoms with Gasteiger partial charge >= 0.3 is 0 Å². The van der Waals surface area contributed by atoms with Gasteiger partial charge in [0, 0.05) is 17.6 Å². The van der Waals surface area contributed by atoms with Gasteiger partial charge in [0.1, 0.15) is 5.75 Å². The summed E-state index contributed by atoms with van der Waals surface area (Å²) in [7, 11) is -2.22. The molecule has 6 nitrogen and oxygen atoms in total. The molecule has 2 N–H and O–H groups in total. The zero-order valence-electron chi connectivity index (χ0n) is 15.7. The molecule has 1 heterocycles. The number of aromatic nitrogens is 1. The Bertz CT molecular complexity index is 1180. The molecular weight excluding hydrogens is 364 g/mol. The number of H-pyrrole nitrogens is 1. The Hall–Kier alpha value is -2.64. The van der Waals surface area contributed by atoms with Gasteiger partial charge in [-0.25, -0.2) is 13.1 Å². The lowest BCUT2D eigenvalue weighted by Gasteiger charge is -2.10. The van der Waals surface area contributed by atoms with E-state index < -0.39 is 10.0 Å². The van der Waals surface area contributed by atoms with Gasteiger partial charge in [-0.1, -0.05) is 0 Å². The smallest absolute Gasteiger partial charge is 0.252 e. The van der Waals surface area contributed by atoms with Crippen LogP contribution in [0.3, 0.4) is 0 Å². The first-order chi connectivity index (χ1) is 12.7. The first-order valence-electron chi connectivity index (χ1n) is 8.49. The molecule has 7 heteroatoms. The van der Waals surface area contributed by atoms with Crippen LogP contribution in [0.5, 0.6) is 5.75 Å². The molecule has 0 fully saturated rings. The normalized spacial score (nSPS) is 11.7. The third-order valence-electron chi connectivity index (χ3n) is 4.66. The Morgan fingerprint density at radius 2 is 1.70 bits per heavy atom. The molecule has 0 spiro atoms. The number of hydrogen-bond donors (Lipinski definition) is 2. The Kier molecular flexibility index (Phi) is 5.08. The van der Waals surface area contributed by atoms with Crippen molar-refractivity contribution in [2.75, 3.05) is 7.11 Å². The van der Waals surface area contributed by atoms with Crippen molar-refractivity contribution in [1.29, 1.82) is 0 Å². The molecular formula is C20H22N2O4S. The predicted molar refractivity (Wildman–Crippen MR) is 106 cm³/mol. The van der Waals surface area contributed by atoms with Crippen molar-refractivity contribution in [3.05, 3.63) is 69.0 Å². The van der Waals surface area contributed by atoms with E-state index in [-0.39, 0.29) is 17.0 Å². The highest BCUT2D eigenvalue weighted by Gasteiger charge is 2.16. The molecule has 0 aliphatic rings. The van der Waals surface area contributed by atoms with Crippen LogP contribution in [-0.2, 0) is 16.6 Å². The lowest BCUT2D eigenvalue weighted by molar-refractivity contribution is 0.411. The molecule has 0 bridgehead atoms. The summed E-state index contributed by atoms with van der Waals surface area (Å²) >= 11 is 0. The SMILES string of the molecule is COc1ccc(S(=O)(=O)NCc2cc3cc(C)c(C)cc3[nH]c2=O)cc1C. The Labute approximate surface area is 158 Å². The lowest BCUT2D eigenvalue weighted by atomic mass is 10.1. The van der Waals surface area contributed by atoms with Crippen LogP contribution in [0.15, 0.2) is 46.1 Å². The molecule has 142 valence electrons. The fourth-order valence-corrected chi connectivity index (χ4v) is 4.02. The topological polar surface area (TPSA) is 88.3 Å². The second kappa shape index (κ2) is 7.17. The second-order valence-corrected chi connectivity index (χ2v) is 8.37. The van der Waals surface area contributed by atoms with Gasteiger partial charge in [-0.2, -0.15) is 0 Å². The number of sulfonamides is 1. The van der Waals surface area contributed by atoms with Crippen LogP contribution in [-0.4, -0.2) is 20.5 Å². The zero-order chi connectivity index (χ0) is 19.8. The maximum Gasteiger partial charge on any atom is 0.252 e. The molecule has 3 rings (SSSR count). The minimum atomic E-state index is -3.75. The van der Waals surface area contributed by atoms with Crippen LogP contribution >= 0.6 is 0 Å². The maximum absolute atomic E-state index is 12.6. The fraction of sp³-hybridized carbons (Fsp3) is 0.250. The van der Waals surface area contributed by atoms with Crippen LogP contribution in [0, 0.1) is 20.8 Å². The maximum atomic E-state index is 12.6. The highest BCUT2D eigenvalue weighted by atomic mass is 32.2. The van der Waals surface area contributed by atoms with E-state index in [1.165, 1.54) is 19.2 Å². The summed E-state index contributed by atoms with van der Waals surface area (Å²) in [5.41, 5.74) is 3.70. The summed E-state index contributed by atoms with van der Waals surface area (Å²) in [5.74, 6) is 0.616. The number of methoxy groups -OCH3 is 1. The van der Waals surface area contributed by atoms with Gasteiger partial charge in [0.15, 0.2) is 0 Å². The molecule has 27 heavy (non-hydrogen) atoms. The van der Waals surface area contributed by atoms with Crippen molar-refractivity contribution < 1.29 is 13.2 Å². The van der Waals surface area contributed by atoms with Crippen molar-refractivity contribution in [1.82, 2.24) is 9.71 Å². The van der Waals surface area contributed by atoms with Gasteiger partial charge in [0.05, 0.1) is 12.0 Å². The number of hydrogen-bond acceptors (Lipinski definition) is 4. The highest BCUT2D eigenvalue weighted by Crippen LogP contribution is 2.21. The highest BCUT2D eigenvalue weighted by molar-refractivity contribution is 7.89. The molecule has 0 amide bonds. The van der Waals surface area contributed by atoms with Gasteiger partial charge in [0.25, 0.3) is 5.56 Å². The molecule has 1 aromatic heterocycles. The summed E-state index contributed by atoms with van der Waals surface area (Å²) in [6.07, 6.45) is 0. The minimum absolute atomic E-state index is 0.0917. The van der Waals surface area contributed by atoms with E-state index in [1.54, 1.807) is 19.1 Å². The van der Waals surface area contributed by atoms with Gasteiger partial charge in [-0.3, -0.25) is 4.79 Å². The summed E-state index contributed by atoms with van der Waals surface area (Å²) < 4.78 is 32.8. The monoisotopic (exact) mass is 386 g/mol. The van der Waals surface area contributed by atoms with Gasteiger partial charge in [-0.15, -0.1) is 0 Å². The standard InChI is InChI=1S/C20H22N2O4S/c1-12-7-15-10-16(20(23)22-18(15)9-13(12)2)11-21-27(24,25)17-5-6-19(26-4)14(3)8-17/h5-10,21H,11H2,1-4H3,(H,22,23). The van der Waals surface area contributed by atoms with E-state index in [1.807, 2.05) is 26.0 Å². The number of nitrogens with one attached hydrogen (secondary N) is 2. The minimum Gasteiger partial charge on any atom is -0.496 e. The number of fused-ring (bicyclic) bond motifs is 1. The van der Waals surface area contributed by atoms with E-state index >= 15 is 0 Å². The lowest BCUT2D eigenvalue weighted by Crippen LogP contribution is -2.27. The number of aromatic amines is 1.